The quantitative estimate of drug-likeness (QED) is 0.330. The van der Waals surface area contributed by atoms with Gasteiger partial charge in [-0.2, -0.15) is 0 Å². The highest BCUT2D eigenvalue weighted by Crippen LogP contribution is 2.61. The molecule has 1 atom stereocenters. The zero-order valence-electron chi connectivity index (χ0n) is 19.6. The molecular weight excluding hydrogens is 517 g/mol. The SMILES string of the molecule is O=C(NC(C(=O)O)C12CC3CC(CC(C3)C1)C2)c1ccc2sccc2c1OCc1ccc(Cl)c(Cl)c1. The van der Waals surface area contributed by atoms with Crippen LogP contribution in [0.3, 0.4) is 0 Å². The molecule has 8 heteroatoms. The van der Waals surface area contributed by atoms with Crippen molar-refractivity contribution < 1.29 is 19.4 Å². The number of amides is 1. The lowest BCUT2D eigenvalue weighted by molar-refractivity contribution is -0.150. The second-order valence-electron chi connectivity index (χ2n) is 10.8. The van der Waals surface area contributed by atoms with Crippen molar-refractivity contribution in [2.24, 2.45) is 23.2 Å². The monoisotopic (exact) mass is 543 g/mol. The molecule has 4 saturated carbocycles. The largest absolute Gasteiger partial charge is 0.487 e. The molecule has 5 nitrogen and oxygen atoms in total. The van der Waals surface area contributed by atoms with Gasteiger partial charge in [0.05, 0.1) is 15.6 Å². The van der Waals surface area contributed by atoms with Gasteiger partial charge in [-0.3, -0.25) is 4.79 Å². The minimum Gasteiger partial charge on any atom is -0.487 e. The lowest BCUT2D eigenvalue weighted by Crippen LogP contribution is -2.59. The molecule has 0 aliphatic heterocycles. The minimum absolute atomic E-state index is 0.198. The Morgan fingerprint density at radius 2 is 1.72 bits per heavy atom. The maximum Gasteiger partial charge on any atom is 0.326 e. The molecule has 7 rings (SSSR count). The summed E-state index contributed by atoms with van der Waals surface area (Å²) < 4.78 is 7.19. The third-order valence-corrected chi connectivity index (χ3v) is 10.0. The highest BCUT2D eigenvalue weighted by Gasteiger charge is 2.56. The average molecular weight is 545 g/mol. The number of carbonyl (C=O) groups excluding carboxylic acids is 1. The number of hydrogen-bond donors (Lipinski definition) is 2. The van der Waals surface area contributed by atoms with Gasteiger partial charge in [-0.25, -0.2) is 4.79 Å². The summed E-state index contributed by atoms with van der Waals surface area (Å²) in [7, 11) is 0. The van der Waals surface area contributed by atoms with Crippen LogP contribution in [0.1, 0.15) is 54.4 Å². The highest BCUT2D eigenvalue weighted by molar-refractivity contribution is 7.17. The Hall–Kier alpha value is -2.28. The number of hydrogen-bond acceptors (Lipinski definition) is 4. The van der Waals surface area contributed by atoms with E-state index in [0.29, 0.717) is 39.1 Å². The molecule has 0 saturated heterocycles. The molecule has 4 aliphatic rings. The van der Waals surface area contributed by atoms with Crippen LogP contribution in [0, 0.1) is 23.2 Å². The number of benzene rings is 2. The third-order valence-electron chi connectivity index (χ3n) is 8.42. The van der Waals surface area contributed by atoms with E-state index in [-0.39, 0.29) is 12.0 Å². The van der Waals surface area contributed by atoms with Gasteiger partial charge in [-0.15, -0.1) is 11.3 Å². The first-order chi connectivity index (χ1) is 17.3. The van der Waals surface area contributed by atoms with Gasteiger partial charge in [0.15, 0.2) is 0 Å². The summed E-state index contributed by atoms with van der Waals surface area (Å²) in [5, 5.41) is 16.9. The maximum absolute atomic E-state index is 13.7. The van der Waals surface area contributed by atoms with E-state index in [1.54, 1.807) is 29.5 Å². The Morgan fingerprint density at radius 1 is 1.03 bits per heavy atom. The third kappa shape index (κ3) is 4.27. The van der Waals surface area contributed by atoms with Gasteiger partial charge < -0.3 is 15.2 Å². The molecule has 0 spiro atoms. The molecule has 1 heterocycles. The summed E-state index contributed by atoms with van der Waals surface area (Å²) in [5.41, 5.74) is 0.806. The number of fused-ring (bicyclic) bond motifs is 1. The summed E-state index contributed by atoms with van der Waals surface area (Å²) in [4.78, 5) is 26.2. The smallest absolute Gasteiger partial charge is 0.326 e. The highest BCUT2D eigenvalue weighted by atomic mass is 35.5. The van der Waals surface area contributed by atoms with E-state index in [4.69, 9.17) is 27.9 Å². The van der Waals surface area contributed by atoms with Crippen molar-refractivity contribution in [3.05, 3.63) is 63.0 Å². The number of rotatable bonds is 7. The van der Waals surface area contributed by atoms with Gasteiger partial charge in [-0.05, 0) is 97.6 Å². The molecule has 1 unspecified atom stereocenters. The zero-order chi connectivity index (χ0) is 25.0. The van der Waals surface area contributed by atoms with Crippen molar-refractivity contribution in [3.8, 4) is 5.75 Å². The van der Waals surface area contributed by atoms with Gasteiger partial charge in [0, 0.05) is 15.5 Å². The first-order valence-electron chi connectivity index (χ1n) is 12.4. The summed E-state index contributed by atoms with van der Waals surface area (Å²) in [6.45, 7) is 0.198. The van der Waals surface area contributed by atoms with Gasteiger partial charge in [-0.1, -0.05) is 29.3 Å². The number of ether oxygens (including phenoxy) is 1. The molecule has 1 aromatic heterocycles. The van der Waals surface area contributed by atoms with Crippen LogP contribution in [0.25, 0.3) is 10.1 Å². The molecule has 2 aromatic carbocycles. The Morgan fingerprint density at radius 3 is 2.36 bits per heavy atom. The second kappa shape index (κ2) is 9.23. The Bertz CT molecular complexity index is 1320. The van der Waals surface area contributed by atoms with E-state index in [9.17, 15) is 14.7 Å². The first kappa shape index (κ1) is 24.1. The normalized spacial score (nSPS) is 27.2. The molecule has 0 radical (unpaired) electrons. The van der Waals surface area contributed by atoms with Crippen LogP contribution < -0.4 is 10.1 Å². The van der Waals surface area contributed by atoms with Crippen LogP contribution in [-0.2, 0) is 11.4 Å². The van der Waals surface area contributed by atoms with Crippen molar-refractivity contribution in [3.63, 3.8) is 0 Å². The van der Waals surface area contributed by atoms with Crippen LogP contribution in [0.15, 0.2) is 41.8 Å². The van der Waals surface area contributed by atoms with E-state index in [1.807, 2.05) is 23.6 Å². The van der Waals surface area contributed by atoms with Crippen molar-refractivity contribution in [1.29, 1.82) is 0 Å². The predicted molar refractivity (Wildman–Crippen MR) is 142 cm³/mol. The fraction of sp³-hybridized carbons (Fsp3) is 0.429. The molecule has 4 fully saturated rings. The number of aliphatic carboxylic acids is 1. The Balaban J connectivity index is 1.29. The molecule has 4 aliphatic carbocycles. The van der Waals surface area contributed by atoms with Gasteiger partial charge in [0.25, 0.3) is 5.91 Å². The fourth-order valence-corrected chi connectivity index (χ4v) is 8.46. The second-order valence-corrected chi connectivity index (χ2v) is 12.6. The number of thiophene rings is 1. The number of carboxylic acid groups (broad SMARTS) is 1. The summed E-state index contributed by atoms with van der Waals surface area (Å²) in [6.07, 6.45) is 6.30. The minimum atomic E-state index is -0.944. The van der Waals surface area contributed by atoms with Gasteiger partial charge in [0.2, 0.25) is 0 Å². The van der Waals surface area contributed by atoms with Crippen molar-refractivity contribution in [2.45, 2.75) is 51.2 Å². The van der Waals surface area contributed by atoms with Crippen molar-refractivity contribution in [1.82, 2.24) is 5.32 Å². The van der Waals surface area contributed by atoms with E-state index < -0.39 is 17.9 Å². The first-order valence-corrected chi connectivity index (χ1v) is 14.1. The van der Waals surface area contributed by atoms with Gasteiger partial charge in [0.1, 0.15) is 18.4 Å². The molecule has 2 N–H and O–H groups in total. The van der Waals surface area contributed by atoms with Crippen LogP contribution in [0.5, 0.6) is 5.75 Å². The standard InChI is InChI=1S/C28H27Cl2NO4S/c29-21-3-1-15(10-22(21)30)14-35-24-19-5-6-36-23(19)4-2-20(24)26(32)31-25(27(33)34)28-11-16-7-17(12-28)9-18(8-16)13-28/h1-6,10,16-18,25H,7-9,11-14H2,(H,31,32)(H,33,34). The molecular formula is C28H27Cl2NO4S. The fourth-order valence-electron chi connectivity index (χ4n) is 7.35. The molecule has 4 bridgehead atoms. The zero-order valence-corrected chi connectivity index (χ0v) is 22.0. The van der Waals surface area contributed by atoms with E-state index in [2.05, 4.69) is 5.32 Å². The Kier molecular flexibility index (Phi) is 6.17. The number of carbonyl (C=O) groups is 2. The summed E-state index contributed by atoms with van der Waals surface area (Å²) >= 11 is 13.8. The van der Waals surface area contributed by atoms with Crippen LogP contribution >= 0.6 is 34.5 Å². The van der Waals surface area contributed by atoms with Crippen LogP contribution in [0.2, 0.25) is 10.0 Å². The van der Waals surface area contributed by atoms with Crippen molar-refractivity contribution >= 4 is 56.5 Å². The lowest BCUT2D eigenvalue weighted by Gasteiger charge is -2.58. The van der Waals surface area contributed by atoms with E-state index in [0.717, 1.165) is 34.9 Å². The number of nitrogens with one attached hydrogen (secondary N) is 1. The molecule has 3 aromatic rings. The topological polar surface area (TPSA) is 75.6 Å². The molecule has 188 valence electrons. The van der Waals surface area contributed by atoms with Crippen LogP contribution in [-0.4, -0.2) is 23.0 Å². The number of carboxylic acids is 1. The summed E-state index contributed by atoms with van der Waals surface area (Å²) in [5.74, 6) is 0.856. The maximum atomic E-state index is 13.7. The molecule has 36 heavy (non-hydrogen) atoms. The predicted octanol–water partition coefficient (Wildman–Crippen LogP) is 7.19. The van der Waals surface area contributed by atoms with Gasteiger partial charge >= 0.3 is 5.97 Å². The van der Waals surface area contributed by atoms with E-state index in [1.165, 1.54) is 19.3 Å². The average Bonchev–Trinajstić information content (AvgIpc) is 3.31. The van der Waals surface area contributed by atoms with Crippen molar-refractivity contribution in [2.75, 3.05) is 0 Å². The van der Waals surface area contributed by atoms with E-state index >= 15 is 0 Å². The lowest BCUT2D eigenvalue weighted by atomic mass is 9.47. The Labute approximate surface area is 223 Å². The van der Waals surface area contributed by atoms with Crippen LogP contribution in [0.4, 0.5) is 0 Å². The molecule has 1 amide bonds. The summed E-state index contributed by atoms with van der Waals surface area (Å²) in [6, 6.07) is 9.93. The number of halogens is 2.